The Morgan fingerprint density at radius 2 is 1.95 bits per heavy atom. The molecule has 1 unspecified atom stereocenters. The van der Waals surface area contributed by atoms with Crippen LogP contribution in [0.5, 0.6) is 0 Å². The van der Waals surface area contributed by atoms with Crippen LogP contribution >= 0.6 is 11.3 Å². The molecule has 0 aliphatic rings. The molecule has 0 spiro atoms. The zero-order valence-electron chi connectivity index (χ0n) is 12.8. The molecule has 0 bridgehead atoms. The summed E-state index contributed by atoms with van der Waals surface area (Å²) in [6.45, 7) is 5.15. The van der Waals surface area contributed by atoms with Crippen LogP contribution in [0.25, 0.3) is 0 Å². The Bertz CT molecular complexity index is 667. The van der Waals surface area contributed by atoms with Crippen LogP contribution in [-0.2, 0) is 9.53 Å². The van der Waals surface area contributed by atoms with Crippen molar-refractivity contribution < 1.29 is 14.3 Å². The fraction of sp³-hybridized carbons (Fsp3) is 0.312. The second-order valence-electron chi connectivity index (χ2n) is 4.92. The van der Waals surface area contributed by atoms with Gasteiger partial charge in [0.1, 0.15) is 4.88 Å². The molecule has 1 heterocycles. The van der Waals surface area contributed by atoms with Crippen molar-refractivity contribution >= 4 is 23.2 Å². The molecule has 0 aliphatic heterocycles. The molecule has 0 radical (unpaired) electrons. The number of hydrogen-bond acceptors (Lipinski definition) is 5. The standard InChI is InChI=1S/C16H18N2O3S/c1-10(13-7-5-4-6-8-13)18-14(19)9-21-16(20)15-11(2)17-12(3)22-15/h4-8,10H,9H2,1-3H3,(H,18,19). The normalized spacial score (nSPS) is 11.8. The lowest BCUT2D eigenvalue weighted by Gasteiger charge is -2.14. The maximum atomic E-state index is 11.9. The molecule has 6 heteroatoms. The van der Waals surface area contributed by atoms with E-state index in [2.05, 4.69) is 10.3 Å². The average Bonchev–Trinajstić information content (AvgIpc) is 2.84. The van der Waals surface area contributed by atoms with E-state index in [1.54, 1.807) is 6.92 Å². The van der Waals surface area contributed by atoms with Crippen LogP contribution < -0.4 is 5.32 Å². The van der Waals surface area contributed by atoms with Gasteiger partial charge in [0.15, 0.2) is 6.61 Å². The average molecular weight is 318 g/mol. The predicted molar refractivity (Wildman–Crippen MR) is 84.9 cm³/mol. The number of ether oxygens (including phenoxy) is 1. The van der Waals surface area contributed by atoms with Crippen molar-refractivity contribution in [1.82, 2.24) is 10.3 Å². The molecule has 0 saturated heterocycles. The van der Waals surface area contributed by atoms with E-state index >= 15 is 0 Å². The van der Waals surface area contributed by atoms with Crippen molar-refractivity contribution in [2.24, 2.45) is 0 Å². The number of carbonyl (C=O) groups is 2. The first-order chi connectivity index (χ1) is 10.5. The van der Waals surface area contributed by atoms with Crippen molar-refractivity contribution in [2.75, 3.05) is 6.61 Å². The van der Waals surface area contributed by atoms with Crippen molar-refractivity contribution in [3.8, 4) is 0 Å². The van der Waals surface area contributed by atoms with Gasteiger partial charge in [0.25, 0.3) is 5.91 Å². The van der Waals surface area contributed by atoms with E-state index in [-0.39, 0.29) is 18.6 Å². The number of carbonyl (C=O) groups excluding carboxylic acids is 2. The van der Waals surface area contributed by atoms with Crippen molar-refractivity contribution in [2.45, 2.75) is 26.8 Å². The third-order valence-corrected chi connectivity index (χ3v) is 4.15. The Morgan fingerprint density at radius 1 is 1.27 bits per heavy atom. The lowest BCUT2D eigenvalue weighted by Crippen LogP contribution is -2.31. The second kappa shape index (κ2) is 7.17. The van der Waals surface area contributed by atoms with E-state index in [9.17, 15) is 9.59 Å². The van der Waals surface area contributed by atoms with Crippen molar-refractivity contribution in [3.05, 3.63) is 51.5 Å². The maximum absolute atomic E-state index is 11.9. The number of benzene rings is 1. The number of aromatic nitrogens is 1. The van der Waals surface area contributed by atoms with Crippen LogP contribution in [0.15, 0.2) is 30.3 Å². The zero-order chi connectivity index (χ0) is 16.1. The smallest absolute Gasteiger partial charge is 0.350 e. The number of nitrogens with one attached hydrogen (secondary N) is 1. The fourth-order valence-electron chi connectivity index (χ4n) is 2.03. The summed E-state index contributed by atoms with van der Waals surface area (Å²) in [5.74, 6) is -0.839. The molecular weight excluding hydrogens is 300 g/mol. The van der Waals surface area contributed by atoms with Gasteiger partial charge in [-0.1, -0.05) is 30.3 Å². The Morgan fingerprint density at radius 3 is 2.55 bits per heavy atom. The fourth-order valence-corrected chi connectivity index (χ4v) is 2.84. The quantitative estimate of drug-likeness (QED) is 0.861. The third-order valence-electron chi connectivity index (χ3n) is 3.10. The van der Waals surface area contributed by atoms with E-state index in [1.165, 1.54) is 11.3 Å². The van der Waals surface area contributed by atoms with E-state index in [0.29, 0.717) is 10.6 Å². The van der Waals surface area contributed by atoms with Gasteiger partial charge in [0.05, 0.1) is 16.7 Å². The van der Waals surface area contributed by atoms with Crippen LogP contribution in [0.3, 0.4) is 0 Å². The lowest BCUT2D eigenvalue weighted by atomic mass is 10.1. The van der Waals surface area contributed by atoms with E-state index in [0.717, 1.165) is 10.6 Å². The van der Waals surface area contributed by atoms with Crippen molar-refractivity contribution in [3.63, 3.8) is 0 Å². The molecule has 1 N–H and O–H groups in total. The summed E-state index contributed by atoms with van der Waals surface area (Å²) in [5.41, 5.74) is 1.63. The van der Waals surface area contributed by atoms with Crippen LogP contribution in [-0.4, -0.2) is 23.5 Å². The molecule has 5 nitrogen and oxygen atoms in total. The van der Waals surface area contributed by atoms with Gasteiger partial charge in [0.2, 0.25) is 0 Å². The second-order valence-corrected chi connectivity index (χ2v) is 6.13. The molecule has 1 amide bonds. The third kappa shape index (κ3) is 4.14. The first-order valence-corrected chi connectivity index (χ1v) is 7.74. The van der Waals surface area contributed by atoms with Gasteiger partial charge in [-0.05, 0) is 26.3 Å². The summed E-state index contributed by atoms with van der Waals surface area (Å²) in [6, 6.07) is 9.46. The molecule has 116 valence electrons. The van der Waals surface area contributed by atoms with Gasteiger partial charge in [-0.2, -0.15) is 0 Å². The maximum Gasteiger partial charge on any atom is 0.350 e. The van der Waals surface area contributed by atoms with Crippen molar-refractivity contribution in [1.29, 1.82) is 0 Å². The summed E-state index contributed by atoms with van der Waals surface area (Å²) < 4.78 is 5.04. The molecule has 0 saturated carbocycles. The summed E-state index contributed by atoms with van der Waals surface area (Å²) in [7, 11) is 0. The number of hydrogen-bond donors (Lipinski definition) is 1. The van der Waals surface area contributed by atoms with Gasteiger partial charge >= 0.3 is 5.97 Å². The molecule has 1 aromatic carbocycles. The minimum absolute atomic E-state index is 0.139. The number of aryl methyl sites for hydroxylation is 2. The predicted octanol–water partition coefficient (Wildman–Crippen LogP) is 2.79. The van der Waals surface area contributed by atoms with E-state index < -0.39 is 5.97 Å². The van der Waals surface area contributed by atoms with Gasteiger partial charge in [0, 0.05) is 0 Å². The number of amides is 1. The highest BCUT2D eigenvalue weighted by atomic mass is 32.1. The monoisotopic (exact) mass is 318 g/mol. The molecule has 0 aliphatic carbocycles. The summed E-state index contributed by atoms with van der Waals surface area (Å²) >= 11 is 1.27. The highest BCUT2D eigenvalue weighted by molar-refractivity contribution is 7.13. The van der Waals surface area contributed by atoms with Crippen LogP contribution in [0, 0.1) is 13.8 Å². The lowest BCUT2D eigenvalue weighted by molar-refractivity contribution is -0.124. The Hall–Kier alpha value is -2.21. The number of esters is 1. The summed E-state index contributed by atoms with van der Waals surface area (Å²) in [4.78, 5) is 28.4. The Labute approximate surface area is 133 Å². The van der Waals surface area contributed by atoms with Crippen LogP contribution in [0.1, 0.15) is 38.9 Å². The zero-order valence-corrected chi connectivity index (χ0v) is 13.6. The Kier molecular flexibility index (Phi) is 5.27. The molecule has 22 heavy (non-hydrogen) atoms. The number of nitrogens with zero attached hydrogens (tertiary/aromatic N) is 1. The molecule has 0 fully saturated rings. The minimum Gasteiger partial charge on any atom is -0.451 e. The molecule has 1 aromatic heterocycles. The van der Waals surface area contributed by atoms with Crippen LogP contribution in [0.2, 0.25) is 0 Å². The van der Waals surface area contributed by atoms with Gasteiger partial charge in [-0.25, -0.2) is 9.78 Å². The molecule has 2 rings (SSSR count). The Balaban J connectivity index is 1.85. The highest BCUT2D eigenvalue weighted by Crippen LogP contribution is 2.18. The minimum atomic E-state index is -0.509. The van der Waals surface area contributed by atoms with E-state index in [4.69, 9.17) is 4.74 Å². The summed E-state index contributed by atoms with van der Waals surface area (Å²) in [6.07, 6.45) is 0. The molecular formula is C16H18N2O3S. The number of rotatable bonds is 5. The first-order valence-electron chi connectivity index (χ1n) is 6.93. The highest BCUT2D eigenvalue weighted by Gasteiger charge is 2.17. The topological polar surface area (TPSA) is 68.3 Å². The molecule has 1 atom stereocenters. The SMILES string of the molecule is Cc1nc(C)c(C(=O)OCC(=O)NC(C)c2ccccc2)s1. The van der Waals surface area contributed by atoms with E-state index in [1.807, 2.05) is 44.2 Å². The van der Waals surface area contributed by atoms with Gasteiger partial charge in [-0.3, -0.25) is 4.79 Å². The van der Waals surface area contributed by atoms with Gasteiger partial charge < -0.3 is 10.1 Å². The molecule has 2 aromatic rings. The summed E-state index contributed by atoms with van der Waals surface area (Å²) in [5, 5.41) is 3.59. The number of thiazole rings is 1. The largest absolute Gasteiger partial charge is 0.451 e. The first kappa shape index (κ1) is 16.2. The van der Waals surface area contributed by atoms with Crippen LogP contribution in [0.4, 0.5) is 0 Å². The van der Waals surface area contributed by atoms with Gasteiger partial charge in [-0.15, -0.1) is 11.3 Å².